The van der Waals surface area contributed by atoms with Crippen molar-refractivity contribution in [1.82, 2.24) is 9.66 Å². The molecule has 7 nitrogen and oxygen atoms in total. The van der Waals surface area contributed by atoms with Gasteiger partial charge in [0.25, 0.3) is 5.56 Å². The molecule has 0 aliphatic carbocycles. The molecule has 146 valence electrons. The maximum absolute atomic E-state index is 12.9. The molecule has 2 heterocycles. The van der Waals surface area contributed by atoms with Crippen LogP contribution in [0, 0.1) is 10.6 Å². The van der Waals surface area contributed by atoms with E-state index in [0.717, 1.165) is 4.68 Å². The van der Waals surface area contributed by atoms with Crippen LogP contribution in [0.3, 0.4) is 0 Å². The van der Waals surface area contributed by atoms with Gasteiger partial charge in [0.15, 0.2) is 10.5 Å². The molecule has 1 amide bonds. The third kappa shape index (κ3) is 3.94. The highest BCUT2D eigenvalue weighted by Gasteiger charge is 2.14. The first-order chi connectivity index (χ1) is 14.0. The number of rotatable bonds is 5. The Labute approximate surface area is 168 Å². The third-order valence-electron chi connectivity index (χ3n) is 4.10. The van der Waals surface area contributed by atoms with E-state index in [2.05, 4.69) is 10.4 Å². The Morgan fingerprint density at radius 1 is 1.14 bits per heavy atom. The van der Waals surface area contributed by atoms with Crippen molar-refractivity contribution in [1.29, 1.82) is 0 Å². The van der Waals surface area contributed by atoms with Crippen LogP contribution < -0.4 is 15.7 Å². The first-order valence-corrected chi connectivity index (χ1v) is 8.94. The molecule has 0 radical (unpaired) electrons. The standard InChI is InChI=1S/C20H14FN3O4S/c21-12-5-7-13(8-6-12)27-11-14-9-10-17(28-14)18(25)23-24-19(26)15-3-1-2-4-16(15)22-20(24)29/h1-10H,11H2,(H,22,29)(H,23,25). The molecule has 0 aliphatic heterocycles. The number of hydrogen-bond acceptors (Lipinski definition) is 5. The number of nitrogens with one attached hydrogen (secondary N) is 2. The van der Waals surface area contributed by atoms with Gasteiger partial charge >= 0.3 is 5.91 Å². The molecule has 2 aromatic heterocycles. The van der Waals surface area contributed by atoms with Gasteiger partial charge < -0.3 is 14.1 Å². The molecular formula is C20H14FN3O4S. The number of nitrogens with zero attached hydrogens (tertiary/aromatic N) is 1. The third-order valence-corrected chi connectivity index (χ3v) is 4.38. The summed E-state index contributed by atoms with van der Waals surface area (Å²) in [4.78, 5) is 28.0. The predicted molar refractivity (Wildman–Crippen MR) is 107 cm³/mol. The summed E-state index contributed by atoms with van der Waals surface area (Å²) in [5.74, 6) is -0.179. The molecule has 0 aliphatic rings. The smallest absolute Gasteiger partial charge is 0.305 e. The maximum atomic E-state index is 12.9. The van der Waals surface area contributed by atoms with Gasteiger partial charge in [0.1, 0.15) is 23.9 Å². The molecule has 4 aromatic rings. The minimum Gasteiger partial charge on any atom is -0.486 e. The molecular weight excluding hydrogens is 397 g/mol. The van der Waals surface area contributed by atoms with E-state index in [1.165, 1.54) is 30.3 Å². The number of fused-ring (bicyclic) bond motifs is 1. The number of benzene rings is 2. The van der Waals surface area contributed by atoms with Gasteiger partial charge in [-0.3, -0.25) is 15.0 Å². The number of ether oxygens (including phenoxy) is 1. The van der Waals surface area contributed by atoms with Crippen molar-refractivity contribution in [3.8, 4) is 5.75 Å². The van der Waals surface area contributed by atoms with Crippen molar-refractivity contribution >= 4 is 29.0 Å². The fourth-order valence-electron chi connectivity index (χ4n) is 2.68. The van der Waals surface area contributed by atoms with E-state index in [0.29, 0.717) is 22.4 Å². The second-order valence-corrected chi connectivity index (χ2v) is 6.45. The predicted octanol–water partition coefficient (Wildman–Crippen LogP) is 3.75. The second kappa shape index (κ2) is 7.72. The number of aromatic nitrogens is 2. The van der Waals surface area contributed by atoms with Gasteiger partial charge in [-0.15, -0.1) is 0 Å². The lowest BCUT2D eigenvalue weighted by Gasteiger charge is -2.08. The van der Waals surface area contributed by atoms with E-state index in [1.807, 2.05) is 0 Å². The Hall–Kier alpha value is -3.72. The quantitative estimate of drug-likeness (QED) is 0.488. The van der Waals surface area contributed by atoms with Crippen molar-refractivity contribution in [2.75, 3.05) is 5.43 Å². The fraction of sp³-hybridized carbons (Fsp3) is 0.0500. The Kier molecular flexibility index (Phi) is 4.96. The highest BCUT2D eigenvalue weighted by atomic mass is 32.1. The Bertz CT molecular complexity index is 1310. The van der Waals surface area contributed by atoms with Crippen LogP contribution in [0.5, 0.6) is 5.75 Å². The normalized spacial score (nSPS) is 10.8. The summed E-state index contributed by atoms with van der Waals surface area (Å²) < 4.78 is 24.9. The molecule has 0 saturated carbocycles. The Balaban J connectivity index is 1.50. The van der Waals surface area contributed by atoms with Gasteiger partial charge in [0, 0.05) is 0 Å². The first kappa shape index (κ1) is 18.6. The van der Waals surface area contributed by atoms with Crippen LogP contribution in [0.1, 0.15) is 16.3 Å². The van der Waals surface area contributed by atoms with Crippen LogP contribution in [0.4, 0.5) is 4.39 Å². The number of H-pyrrole nitrogens is 1. The van der Waals surface area contributed by atoms with E-state index in [1.54, 1.807) is 30.3 Å². The van der Waals surface area contributed by atoms with E-state index in [9.17, 15) is 14.0 Å². The first-order valence-electron chi connectivity index (χ1n) is 8.54. The van der Waals surface area contributed by atoms with Crippen LogP contribution in [-0.4, -0.2) is 15.6 Å². The highest BCUT2D eigenvalue weighted by Crippen LogP contribution is 2.15. The van der Waals surface area contributed by atoms with Crippen molar-refractivity contribution in [3.05, 3.63) is 93.1 Å². The van der Waals surface area contributed by atoms with Crippen LogP contribution in [0.2, 0.25) is 0 Å². The average molecular weight is 411 g/mol. The lowest BCUT2D eigenvalue weighted by Crippen LogP contribution is -2.34. The SMILES string of the molecule is O=C(Nn1c(=S)[nH]c2ccccc2c1=O)c1ccc(COc2ccc(F)cc2)o1. The number of amides is 1. The van der Waals surface area contributed by atoms with Crippen molar-refractivity contribution in [3.63, 3.8) is 0 Å². The van der Waals surface area contributed by atoms with Crippen LogP contribution in [-0.2, 0) is 6.61 Å². The largest absolute Gasteiger partial charge is 0.486 e. The van der Waals surface area contributed by atoms with Crippen LogP contribution >= 0.6 is 12.2 Å². The average Bonchev–Trinajstić information content (AvgIpc) is 3.20. The number of para-hydroxylation sites is 1. The summed E-state index contributed by atoms with van der Waals surface area (Å²) >= 11 is 5.16. The zero-order chi connectivity index (χ0) is 20.4. The minimum atomic E-state index is -0.644. The maximum Gasteiger partial charge on any atom is 0.305 e. The highest BCUT2D eigenvalue weighted by molar-refractivity contribution is 7.71. The molecule has 0 unspecified atom stereocenters. The van der Waals surface area contributed by atoms with E-state index < -0.39 is 11.5 Å². The summed E-state index contributed by atoms with van der Waals surface area (Å²) in [6.45, 7) is 0.0505. The van der Waals surface area contributed by atoms with Gasteiger partial charge in [-0.25, -0.2) is 4.39 Å². The Morgan fingerprint density at radius 2 is 1.90 bits per heavy atom. The fourth-order valence-corrected chi connectivity index (χ4v) is 2.92. The summed E-state index contributed by atoms with van der Waals surface area (Å²) in [6.07, 6.45) is 0. The molecule has 29 heavy (non-hydrogen) atoms. The summed E-state index contributed by atoms with van der Waals surface area (Å²) in [6, 6.07) is 15.4. The van der Waals surface area contributed by atoms with Crippen molar-refractivity contribution in [2.45, 2.75) is 6.61 Å². The molecule has 0 bridgehead atoms. The number of carbonyl (C=O) groups excluding carboxylic acids is 1. The van der Waals surface area contributed by atoms with Gasteiger partial charge in [0.05, 0.1) is 10.9 Å². The number of furan rings is 1. The minimum absolute atomic E-state index is 0.0165. The number of halogens is 1. The molecule has 0 fully saturated rings. The van der Waals surface area contributed by atoms with E-state index >= 15 is 0 Å². The monoisotopic (exact) mass is 411 g/mol. The molecule has 2 N–H and O–H groups in total. The molecule has 0 saturated heterocycles. The Morgan fingerprint density at radius 3 is 2.69 bits per heavy atom. The molecule has 0 spiro atoms. The van der Waals surface area contributed by atoms with Crippen LogP contribution in [0.15, 0.2) is 69.9 Å². The second-order valence-electron chi connectivity index (χ2n) is 6.07. The lowest BCUT2D eigenvalue weighted by molar-refractivity contribution is 0.0976. The summed E-state index contributed by atoms with van der Waals surface area (Å²) in [5.41, 5.74) is 2.55. The van der Waals surface area contributed by atoms with E-state index in [4.69, 9.17) is 21.4 Å². The van der Waals surface area contributed by atoms with Crippen molar-refractivity contribution < 1.29 is 18.3 Å². The van der Waals surface area contributed by atoms with Gasteiger partial charge in [0.2, 0.25) is 0 Å². The van der Waals surface area contributed by atoms with Gasteiger partial charge in [-0.05, 0) is 60.7 Å². The van der Waals surface area contributed by atoms with Gasteiger partial charge in [-0.1, -0.05) is 12.1 Å². The summed E-state index contributed by atoms with van der Waals surface area (Å²) in [7, 11) is 0. The molecule has 4 rings (SSSR count). The molecule has 2 aromatic carbocycles. The lowest BCUT2D eigenvalue weighted by atomic mass is 10.2. The summed E-state index contributed by atoms with van der Waals surface area (Å²) in [5, 5.41) is 0.384. The number of carbonyl (C=O) groups is 1. The van der Waals surface area contributed by atoms with E-state index in [-0.39, 0.29) is 23.0 Å². The molecule has 9 heteroatoms. The zero-order valence-electron chi connectivity index (χ0n) is 14.8. The topological polar surface area (TPSA) is 89.3 Å². The number of hydrogen-bond donors (Lipinski definition) is 2. The van der Waals surface area contributed by atoms with Crippen molar-refractivity contribution in [2.24, 2.45) is 0 Å². The van der Waals surface area contributed by atoms with Gasteiger partial charge in [-0.2, -0.15) is 4.68 Å². The zero-order valence-corrected chi connectivity index (χ0v) is 15.7. The molecule has 0 atom stereocenters. The van der Waals surface area contributed by atoms with Crippen LogP contribution in [0.25, 0.3) is 10.9 Å². The number of aromatic amines is 1.